The Hall–Kier alpha value is -5.27. The first-order chi connectivity index (χ1) is 26.8. The fourth-order valence-corrected chi connectivity index (χ4v) is 7.03. The second-order valence-electron chi connectivity index (χ2n) is 16.7. The van der Waals surface area contributed by atoms with E-state index in [4.69, 9.17) is 28.7 Å². The number of rotatable bonds is 15. The van der Waals surface area contributed by atoms with E-state index < -0.39 is 64.8 Å². The number of aromatic nitrogens is 2. The molecule has 5 rings (SSSR count). The molecule has 2 aromatic heterocycles. The van der Waals surface area contributed by atoms with Gasteiger partial charge >= 0.3 is 24.1 Å². The fourth-order valence-electron chi connectivity index (χ4n) is 7.03. The van der Waals surface area contributed by atoms with Crippen LogP contribution < -0.4 is 15.6 Å². The number of ether oxygens (including phenoxy) is 5. The summed E-state index contributed by atoms with van der Waals surface area (Å²) >= 11 is 0. The van der Waals surface area contributed by atoms with Gasteiger partial charge in [-0.2, -0.15) is 0 Å². The van der Waals surface area contributed by atoms with Gasteiger partial charge in [0.1, 0.15) is 29.6 Å². The number of hydrogen-bond acceptors (Lipinski definition) is 12. The minimum Gasteiger partial charge on any atom is -0.458 e. The third kappa shape index (κ3) is 10.4. The van der Waals surface area contributed by atoms with Gasteiger partial charge in [0.25, 0.3) is 5.56 Å². The molecule has 14 heteroatoms. The highest BCUT2D eigenvalue weighted by Gasteiger charge is 2.50. The van der Waals surface area contributed by atoms with Crippen molar-refractivity contribution in [2.45, 2.75) is 156 Å². The van der Waals surface area contributed by atoms with Gasteiger partial charge in [-0.3, -0.25) is 14.4 Å². The summed E-state index contributed by atoms with van der Waals surface area (Å²) in [7, 11) is 0. The molecule has 1 amide bonds. The number of carbonyl (C=O) groups excluding carboxylic acids is 5. The van der Waals surface area contributed by atoms with Crippen molar-refractivity contribution in [3.8, 4) is 17.1 Å². The van der Waals surface area contributed by atoms with E-state index in [1.165, 1.54) is 4.57 Å². The lowest BCUT2D eigenvalue weighted by Crippen LogP contribution is -2.47. The van der Waals surface area contributed by atoms with E-state index in [9.17, 15) is 28.8 Å². The maximum atomic E-state index is 14.0. The maximum Gasteiger partial charge on any atom is 0.514 e. The molecule has 4 heterocycles. The first kappa shape index (κ1) is 42.9. The number of hydrogen-bond donors (Lipinski definition) is 1. The minimum atomic E-state index is -1.94. The van der Waals surface area contributed by atoms with Crippen molar-refractivity contribution in [2.24, 2.45) is 0 Å². The number of carbonyl (C=O) groups is 5. The zero-order valence-corrected chi connectivity index (χ0v) is 34.3. The number of nitrogens with one attached hydrogen (secondary N) is 1. The summed E-state index contributed by atoms with van der Waals surface area (Å²) in [4.78, 5) is 84.1. The number of benzene rings is 1. The van der Waals surface area contributed by atoms with Crippen molar-refractivity contribution >= 4 is 40.9 Å². The lowest BCUT2D eigenvalue weighted by Gasteiger charge is -2.35. The molecular weight excluding hydrogens is 734 g/mol. The molecule has 14 nitrogen and oxygen atoms in total. The van der Waals surface area contributed by atoms with E-state index in [0.29, 0.717) is 28.7 Å². The first-order valence-electron chi connectivity index (χ1n) is 19.9. The van der Waals surface area contributed by atoms with E-state index in [-0.39, 0.29) is 42.9 Å². The van der Waals surface area contributed by atoms with Crippen molar-refractivity contribution in [3.05, 3.63) is 57.4 Å². The second-order valence-corrected chi connectivity index (χ2v) is 16.7. The van der Waals surface area contributed by atoms with E-state index >= 15 is 0 Å². The van der Waals surface area contributed by atoms with Crippen LogP contribution in [0.25, 0.3) is 22.3 Å². The Balaban J connectivity index is 1.33. The van der Waals surface area contributed by atoms with Crippen molar-refractivity contribution in [3.63, 3.8) is 0 Å². The normalized spacial score (nSPS) is 16.5. The lowest BCUT2D eigenvalue weighted by atomic mass is 9.85. The molecule has 0 radical (unpaired) electrons. The zero-order valence-electron chi connectivity index (χ0n) is 34.3. The number of cyclic esters (lactones) is 1. The SMILES string of the molecule is CCCCCCCCC(NC(=O)CCC(=O)OC1(CC)C(=O)OCc2c1cc1n(c2=O)Cc2cc3cc(OC(=O)OC(C)(C)C)ccc3nc2-1)C(=O)OC(C)(C)C. The van der Waals surface area contributed by atoms with Crippen LogP contribution in [-0.4, -0.2) is 56.8 Å². The highest BCUT2D eigenvalue weighted by atomic mass is 16.7. The Morgan fingerprint density at radius 2 is 1.61 bits per heavy atom. The molecule has 0 aliphatic carbocycles. The van der Waals surface area contributed by atoms with Crippen LogP contribution in [0.15, 0.2) is 35.1 Å². The molecule has 3 aromatic rings. The lowest BCUT2D eigenvalue weighted by molar-refractivity contribution is -0.189. The smallest absolute Gasteiger partial charge is 0.458 e. The molecule has 0 fully saturated rings. The average molecular weight is 790 g/mol. The van der Waals surface area contributed by atoms with Crippen molar-refractivity contribution in [2.75, 3.05) is 0 Å². The van der Waals surface area contributed by atoms with Gasteiger partial charge in [-0.1, -0.05) is 52.4 Å². The molecule has 1 N–H and O–H groups in total. The Morgan fingerprint density at radius 3 is 2.30 bits per heavy atom. The number of amides is 1. The summed E-state index contributed by atoms with van der Waals surface area (Å²) in [6.07, 6.45) is 4.85. The van der Waals surface area contributed by atoms with Crippen LogP contribution in [0.4, 0.5) is 4.79 Å². The Bertz CT molecular complexity index is 2090. The molecule has 1 aromatic carbocycles. The molecule has 2 aliphatic rings. The van der Waals surface area contributed by atoms with Crippen LogP contribution in [0.2, 0.25) is 0 Å². The summed E-state index contributed by atoms with van der Waals surface area (Å²) in [5.74, 6) is -2.50. The summed E-state index contributed by atoms with van der Waals surface area (Å²) in [6.45, 7) is 14.1. The molecule has 0 spiro atoms. The van der Waals surface area contributed by atoms with Gasteiger partial charge in [0.15, 0.2) is 0 Å². The largest absolute Gasteiger partial charge is 0.514 e. The number of nitrogens with zero attached hydrogens (tertiary/aromatic N) is 2. The third-order valence-corrected chi connectivity index (χ3v) is 9.75. The van der Waals surface area contributed by atoms with Crippen LogP contribution in [0, 0.1) is 0 Å². The van der Waals surface area contributed by atoms with Crippen molar-refractivity contribution < 1.29 is 47.7 Å². The predicted octanol–water partition coefficient (Wildman–Crippen LogP) is 7.30. The molecule has 2 atom stereocenters. The summed E-state index contributed by atoms with van der Waals surface area (Å²) in [5, 5.41) is 3.40. The molecule has 0 saturated heterocycles. The number of esters is 3. The Morgan fingerprint density at radius 1 is 0.912 bits per heavy atom. The number of pyridine rings is 2. The third-order valence-electron chi connectivity index (χ3n) is 9.75. The zero-order chi connectivity index (χ0) is 41.7. The topological polar surface area (TPSA) is 178 Å². The van der Waals surface area contributed by atoms with E-state index in [0.717, 1.165) is 44.1 Å². The van der Waals surface area contributed by atoms with Gasteiger partial charge in [-0.15, -0.1) is 0 Å². The summed E-state index contributed by atoms with van der Waals surface area (Å²) in [6, 6.07) is 7.56. The van der Waals surface area contributed by atoms with Gasteiger partial charge in [-0.25, -0.2) is 19.4 Å². The quantitative estimate of drug-likeness (QED) is 0.0551. The van der Waals surface area contributed by atoms with E-state index in [2.05, 4.69) is 12.2 Å². The van der Waals surface area contributed by atoms with Gasteiger partial charge in [0, 0.05) is 22.9 Å². The predicted molar refractivity (Wildman–Crippen MR) is 210 cm³/mol. The molecule has 308 valence electrons. The van der Waals surface area contributed by atoms with Crippen LogP contribution in [0.3, 0.4) is 0 Å². The Kier molecular flexibility index (Phi) is 13.1. The second kappa shape index (κ2) is 17.5. The van der Waals surface area contributed by atoms with Crippen LogP contribution in [0.1, 0.15) is 136 Å². The van der Waals surface area contributed by atoms with Gasteiger partial charge < -0.3 is 33.6 Å². The molecule has 57 heavy (non-hydrogen) atoms. The van der Waals surface area contributed by atoms with Crippen molar-refractivity contribution in [1.82, 2.24) is 14.9 Å². The van der Waals surface area contributed by atoms with Crippen LogP contribution in [0.5, 0.6) is 5.75 Å². The van der Waals surface area contributed by atoms with Crippen molar-refractivity contribution in [1.29, 1.82) is 0 Å². The summed E-state index contributed by atoms with van der Waals surface area (Å²) < 4.78 is 29.1. The van der Waals surface area contributed by atoms with Gasteiger partial charge in [0.2, 0.25) is 11.5 Å². The average Bonchev–Trinajstić information content (AvgIpc) is 3.48. The molecule has 0 saturated carbocycles. The van der Waals surface area contributed by atoms with Gasteiger partial charge in [-0.05, 0) is 84.7 Å². The highest BCUT2D eigenvalue weighted by molar-refractivity contribution is 5.90. The van der Waals surface area contributed by atoms with Crippen LogP contribution in [-0.2, 0) is 56.9 Å². The number of unbranched alkanes of at least 4 members (excludes halogenated alkanes) is 5. The Labute approximate surface area is 332 Å². The summed E-state index contributed by atoms with van der Waals surface area (Å²) in [5.41, 5.74) is -1.23. The van der Waals surface area contributed by atoms with Crippen LogP contribution >= 0.6 is 0 Å². The monoisotopic (exact) mass is 789 g/mol. The first-order valence-corrected chi connectivity index (χ1v) is 19.9. The molecule has 2 aliphatic heterocycles. The number of fused-ring (bicyclic) bond motifs is 5. The molecular formula is C43H55N3O11. The highest BCUT2D eigenvalue weighted by Crippen LogP contribution is 2.41. The molecule has 2 unspecified atom stereocenters. The minimum absolute atomic E-state index is 0.0446. The maximum absolute atomic E-state index is 14.0. The van der Waals surface area contributed by atoms with Gasteiger partial charge in [0.05, 0.1) is 35.4 Å². The molecule has 0 bridgehead atoms. The standard InChI is InChI=1S/C43H55N3O11/c1-9-11-12-13-14-15-16-32(38(50)56-41(3,4)5)44-34(47)19-20-35(48)55-43(10-2)30-23-33-36-27(24-46(33)37(49)29(30)25-53-39(43)51)21-26-22-28(17-18-31(26)45-36)54-40(52)57-42(6,7)8/h17-18,21-23,32H,9-16,19-20,24-25H2,1-8H3,(H,44,47). The fraction of sp³-hybridized carbons (Fsp3) is 0.558. The van der Waals surface area contributed by atoms with E-state index in [1.807, 2.05) is 6.07 Å². The van der Waals surface area contributed by atoms with E-state index in [1.54, 1.807) is 72.7 Å².